The summed E-state index contributed by atoms with van der Waals surface area (Å²) < 4.78 is 16.2. The molecule has 1 amide bonds. The van der Waals surface area contributed by atoms with Crippen molar-refractivity contribution in [1.29, 1.82) is 15.8 Å². The lowest BCUT2D eigenvalue weighted by atomic mass is 10.1. The van der Waals surface area contributed by atoms with Crippen molar-refractivity contribution in [2.75, 3.05) is 84.0 Å². The molecule has 16 heteroatoms. The molecule has 0 aliphatic carbocycles. The van der Waals surface area contributed by atoms with Crippen LogP contribution >= 0.6 is 11.3 Å². The first kappa shape index (κ1) is 40.2. The molecule has 3 aromatic rings. The van der Waals surface area contributed by atoms with Gasteiger partial charge < -0.3 is 39.3 Å². The van der Waals surface area contributed by atoms with Crippen molar-refractivity contribution >= 4 is 39.8 Å². The minimum absolute atomic E-state index is 0.00250. The van der Waals surface area contributed by atoms with E-state index in [1.165, 1.54) is 22.3 Å². The van der Waals surface area contributed by atoms with E-state index in [2.05, 4.69) is 15.1 Å². The van der Waals surface area contributed by atoms with E-state index in [1.807, 2.05) is 60.7 Å². The number of benzene rings is 2. The van der Waals surface area contributed by atoms with Gasteiger partial charge in [0.2, 0.25) is 5.13 Å². The SMILES string of the molecule is N#CC(C#N)=C1C(C#N)=C(/C=C/c2sc(N=Nc3ccc(N(CCOCCO)CCOCCO)cc3)nc2-c2ccccc2)C(=O)N1CCOCCO. The van der Waals surface area contributed by atoms with Crippen molar-refractivity contribution in [3.63, 3.8) is 0 Å². The van der Waals surface area contributed by atoms with Crippen molar-refractivity contribution in [1.82, 2.24) is 9.88 Å². The van der Waals surface area contributed by atoms with Gasteiger partial charge in [-0.05, 0) is 36.4 Å². The molecular weight excluding hydrogens is 701 g/mol. The molecular formula is C37H38N8O7S. The first-order valence-electron chi connectivity index (χ1n) is 16.6. The molecule has 15 nitrogen and oxygen atoms in total. The van der Waals surface area contributed by atoms with Crippen molar-refractivity contribution in [3.8, 4) is 29.5 Å². The van der Waals surface area contributed by atoms with Gasteiger partial charge in [-0.1, -0.05) is 41.7 Å². The van der Waals surface area contributed by atoms with Gasteiger partial charge in [0.1, 0.15) is 18.2 Å². The molecule has 1 aliphatic rings. The van der Waals surface area contributed by atoms with Crippen LogP contribution in [0, 0.1) is 34.0 Å². The Morgan fingerprint density at radius 3 is 2.04 bits per heavy atom. The fourth-order valence-corrected chi connectivity index (χ4v) is 5.94. The number of aliphatic hydroxyl groups is 3. The van der Waals surface area contributed by atoms with Crippen LogP contribution in [0.1, 0.15) is 4.88 Å². The van der Waals surface area contributed by atoms with Crippen LogP contribution in [-0.4, -0.2) is 110 Å². The van der Waals surface area contributed by atoms with Crippen molar-refractivity contribution < 1.29 is 34.3 Å². The second-order valence-electron chi connectivity index (χ2n) is 10.9. The Morgan fingerprint density at radius 1 is 0.830 bits per heavy atom. The van der Waals surface area contributed by atoms with E-state index in [-0.39, 0.29) is 75.2 Å². The minimum atomic E-state index is -0.577. The highest BCUT2D eigenvalue weighted by atomic mass is 32.1. The van der Waals surface area contributed by atoms with E-state index < -0.39 is 5.91 Å². The number of azo groups is 1. The summed E-state index contributed by atoms with van der Waals surface area (Å²) in [7, 11) is 0. The van der Waals surface area contributed by atoms with E-state index in [4.69, 9.17) is 34.5 Å². The summed E-state index contributed by atoms with van der Waals surface area (Å²) >= 11 is 1.22. The predicted octanol–water partition coefficient (Wildman–Crippen LogP) is 4.04. The number of nitriles is 3. The normalized spacial score (nSPS) is 12.9. The Morgan fingerprint density at radius 2 is 1.45 bits per heavy atom. The number of anilines is 1. The number of aromatic nitrogens is 1. The maximum atomic E-state index is 13.6. The lowest BCUT2D eigenvalue weighted by Crippen LogP contribution is -2.31. The van der Waals surface area contributed by atoms with Gasteiger partial charge in [-0.3, -0.25) is 4.79 Å². The van der Waals surface area contributed by atoms with Gasteiger partial charge in [0.25, 0.3) is 5.91 Å². The zero-order valence-corrected chi connectivity index (χ0v) is 29.6. The number of aliphatic hydroxyl groups excluding tert-OH is 3. The highest BCUT2D eigenvalue weighted by Gasteiger charge is 2.36. The first-order chi connectivity index (χ1) is 26.0. The summed E-state index contributed by atoms with van der Waals surface area (Å²) in [6, 6.07) is 22.3. The van der Waals surface area contributed by atoms with Crippen LogP contribution in [0.5, 0.6) is 0 Å². The zero-order valence-electron chi connectivity index (χ0n) is 28.8. The average Bonchev–Trinajstić information content (AvgIpc) is 3.72. The molecule has 3 N–H and O–H groups in total. The van der Waals surface area contributed by atoms with E-state index >= 15 is 0 Å². The highest BCUT2D eigenvalue weighted by molar-refractivity contribution is 7.16. The van der Waals surface area contributed by atoms with Gasteiger partial charge in [0, 0.05) is 30.9 Å². The Labute approximate surface area is 310 Å². The number of carbonyl (C=O) groups excluding carboxylic acids is 1. The molecule has 2 heterocycles. The molecule has 0 unspecified atom stereocenters. The largest absolute Gasteiger partial charge is 0.394 e. The van der Waals surface area contributed by atoms with Gasteiger partial charge >= 0.3 is 0 Å². The topological polar surface area (TPSA) is 221 Å². The molecule has 274 valence electrons. The lowest BCUT2D eigenvalue weighted by molar-refractivity contribution is -0.124. The van der Waals surface area contributed by atoms with Crippen molar-refractivity contribution in [3.05, 3.63) is 88.0 Å². The third-order valence-corrected chi connectivity index (χ3v) is 8.46. The van der Waals surface area contributed by atoms with E-state index in [0.29, 0.717) is 47.7 Å². The molecule has 0 fully saturated rings. The molecule has 1 aliphatic heterocycles. The smallest absolute Gasteiger partial charge is 0.259 e. The van der Waals surface area contributed by atoms with Crippen LogP contribution < -0.4 is 4.90 Å². The average molecular weight is 739 g/mol. The van der Waals surface area contributed by atoms with E-state index in [0.717, 1.165) is 11.3 Å². The van der Waals surface area contributed by atoms with Gasteiger partial charge in [-0.25, -0.2) is 4.98 Å². The summed E-state index contributed by atoms with van der Waals surface area (Å²) in [6.45, 7) is 2.11. The van der Waals surface area contributed by atoms with Crippen LogP contribution in [-0.2, 0) is 19.0 Å². The highest BCUT2D eigenvalue weighted by Crippen LogP contribution is 2.37. The third kappa shape index (κ3) is 11.2. The molecule has 53 heavy (non-hydrogen) atoms. The van der Waals surface area contributed by atoms with Crippen LogP contribution in [0.2, 0.25) is 0 Å². The van der Waals surface area contributed by atoms with Crippen LogP contribution in [0.25, 0.3) is 17.3 Å². The minimum Gasteiger partial charge on any atom is -0.394 e. The number of hydrogen-bond donors (Lipinski definition) is 3. The molecule has 0 spiro atoms. The molecule has 1 aromatic heterocycles. The van der Waals surface area contributed by atoms with Crippen molar-refractivity contribution in [2.24, 2.45) is 10.2 Å². The molecule has 0 atom stereocenters. The number of rotatable bonds is 21. The second kappa shape index (κ2) is 21.7. The number of nitrogens with zero attached hydrogens (tertiary/aromatic N) is 8. The number of ether oxygens (including phenoxy) is 3. The predicted molar refractivity (Wildman–Crippen MR) is 196 cm³/mol. The monoisotopic (exact) mass is 738 g/mol. The molecule has 0 radical (unpaired) electrons. The molecule has 0 bridgehead atoms. The quantitative estimate of drug-likeness (QED) is 0.0801. The lowest BCUT2D eigenvalue weighted by Gasteiger charge is -2.24. The first-order valence-corrected chi connectivity index (χ1v) is 17.4. The fraction of sp³-hybridized carbons (Fsp3) is 0.324. The number of hydrogen-bond acceptors (Lipinski definition) is 15. The third-order valence-electron chi connectivity index (χ3n) is 7.56. The number of allylic oxidation sites excluding steroid dienone is 2. The summed E-state index contributed by atoms with van der Waals surface area (Å²) in [4.78, 5) is 22.1. The van der Waals surface area contributed by atoms with Crippen LogP contribution in [0.15, 0.2) is 93.3 Å². The molecule has 0 saturated heterocycles. The van der Waals surface area contributed by atoms with Crippen LogP contribution in [0.4, 0.5) is 16.5 Å². The summed E-state index contributed by atoms with van der Waals surface area (Å²) in [5.41, 5.74) is 2.24. The van der Waals surface area contributed by atoms with Crippen molar-refractivity contribution in [2.45, 2.75) is 0 Å². The van der Waals surface area contributed by atoms with Gasteiger partial charge in [0.15, 0.2) is 5.57 Å². The molecule has 2 aromatic carbocycles. The van der Waals surface area contributed by atoms with E-state index in [1.54, 1.807) is 18.2 Å². The second-order valence-corrected chi connectivity index (χ2v) is 11.9. The Hall–Kier alpha value is -5.61. The zero-order chi connectivity index (χ0) is 37.8. The number of carbonyl (C=O) groups is 1. The molecule has 4 rings (SSSR count). The standard InChI is InChI=1S/C37H38N8O7S/c38-24-28(25-39)35-32(26-40)31(36(49)45(35)14-20-52-23-17-48)10-11-33-34(27-4-2-1-3-5-27)41-37(53-33)43-42-29-6-8-30(9-7-29)44(12-18-50-21-15-46)13-19-51-22-16-47/h1-11,46-48H,12-23H2/b11-10+,43-42?. The Balaban J connectivity index is 1.61. The Bertz CT molecular complexity index is 1890. The van der Waals surface area contributed by atoms with Gasteiger partial charge in [-0.2, -0.15) is 15.8 Å². The maximum Gasteiger partial charge on any atom is 0.259 e. The summed E-state index contributed by atoms with van der Waals surface area (Å²) in [5.74, 6) is -0.577. The van der Waals surface area contributed by atoms with E-state index in [9.17, 15) is 20.6 Å². The summed E-state index contributed by atoms with van der Waals surface area (Å²) in [5, 5.41) is 65.4. The fourth-order valence-electron chi connectivity index (χ4n) is 5.13. The number of thiazole rings is 1. The Kier molecular flexibility index (Phi) is 16.4. The van der Waals surface area contributed by atoms with Crippen LogP contribution in [0.3, 0.4) is 0 Å². The maximum absolute atomic E-state index is 13.6. The van der Waals surface area contributed by atoms with Gasteiger partial charge in [0.05, 0.1) is 92.6 Å². The summed E-state index contributed by atoms with van der Waals surface area (Å²) in [6.07, 6.45) is 3.11. The van der Waals surface area contributed by atoms with Gasteiger partial charge in [-0.15, -0.1) is 10.2 Å². The number of amides is 1. The molecule has 0 saturated carbocycles.